The van der Waals surface area contributed by atoms with Crippen LogP contribution in [0.15, 0.2) is 0 Å². The van der Waals surface area contributed by atoms with Gasteiger partial charge in [0, 0.05) is 25.2 Å². The van der Waals surface area contributed by atoms with E-state index in [1.165, 1.54) is 0 Å². The topological polar surface area (TPSA) is 42.0 Å². The monoisotopic (exact) mass is 258 g/mol. The first-order chi connectivity index (χ1) is 8.39. The molecule has 0 saturated carbocycles. The third-order valence-corrected chi connectivity index (χ3v) is 3.29. The summed E-state index contributed by atoms with van der Waals surface area (Å²) >= 11 is 0. The molecule has 18 heavy (non-hydrogen) atoms. The third kappa shape index (κ3) is 5.80. The van der Waals surface area contributed by atoms with Crippen LogP contribution in [-0.2, 0) is 14.3 Å². The zero-order valence-corrected chi connectivity index (χ0v) is 12.1. The zero-order valence-electron chi connectivity index (χ0n) is 12.1. The van der Waals surface area contributed by atoms with Gasteiger partial charge in [0.05, 0.1) is 19.8 Å². The summed E-state index contributed by atoms with van der Waals surface area (Å²) in [5.41, 5.74) is 0.108. The van der Waals surface area contributed by atoms with Gasteiger partial charge in [-0.1, -0.05) is 0 Å². The number of carbonyl (C=O) groups excluding carboxylic acids is 1. The van der Waals surface area contributed by atoms with Crippen molar-refractivity contribution in [1.29, 1.82) is 0 Å². The summed E-state index contributed by atoms with van der Waals surface area (Å²) in [6.07, 6.45) is 0. The second kappa shape index (κ2) is 7.07. The number of ether oxygens (including phenoxy) is 2. The first-order valence-corrected chi connectivity index (χ1v) is 6.56. The number of hydrogen-bond donors (Lipinski definition) is 0. The molecule has 1 fully saturated rings. The van der Waals surface area contributed by atoms with E-state index < -0.39 is 0 Å². The molecule has 0 radical (unpaired) electrons. The lowest BCUT2D eigenvalue weighted by Crippen LogP contribution is -2.42. The molecule has 106 valence electrons. The number of likely N-dealkylation sites (N-methyl/N-ethyl adjacent to an activating group) is 1. The van der Waals surface area contributed by atoms with Crippen LogP contribution in [0.5, 0.6) is 0 Å². The lowest BCUT2D eigenvalue weighted by molar-refractivity contribution is -0.146. The number of esters is 1. The van der Waals surface area contributed by atoms with Crippen LogP contribution in [0, 0.1) is 0 Å². The van der Waals surface area contributed by atoms with Gasteiger partial charge < -0.3 is 9.47 Å². The number of hydrogen-bond acceptors (Lipinski definition) is 5. The van der Waals surface area contributed by atoms with E-state index in [2.05, 4.69) is 30.6 Å². The molecule has 0 spiro atoms. The number of morpholine rings is 1. The Morgan fingerprint density at radius 3 is 2.50 bits per heavy atom. The fourth-order valence-electron chi connectivity index (χ4n) is 1.62. The van der Waals surface area contributed by atoms with E-state index >= 15 is 0 Å². The van der Waals surface area contributed by atoms with E-state index in [-0.39, 0.29) is 11.5 Å². The van der Waals surface area contributed by atoms with E-state index in [0.717, 1.165) is 19.6 Å². The lowest BCUT2D eigenvalue weighted by atomic mass is 10.1. The summed E-state index contributed by atoms with van der Waals surface area (Å²) in [6, 6.07) is 0. The van der Waals surface area contributed by atoms with Crippen LogP contribution >= 0.6 is 0 Å². The van der Waals surface area contributed by atoms with Crippen molar-refractivity contribution in [3.05, 3.63) is 0 Å². The first-order valence-electron chi connectivity index (χ1n) is 6.56. The minimum absolute atomic E-state index is 0.108. The molecule has 5 nitrogen and oxygen atoms in total. The Balaban J connectivity index is 2.13. The molecule has 1 rings (SSSR count). The number of carbonyl (C=O) groups is 1. The van der Waals surface area contributed by atoms with Gasteiger partial charge in [0.2, 0.25) is 0 Å². The van der Waals surface area contributed by atoms with Crippen molar-refractivity contribution < 1.29 is 14.3 Å². The van der Waals surface area contributed by atoms with Crippen LogP contribution < -0.4 is 0 Å². The maximum Gasteiger partial charge on any atom is 0.320 e. The molecule has 0 amide bonds. The number of rotatable bonds is 5. The summed E-state index contributed by atoms with van der Waals surface area (Å²) in [5, 5.41) is 0. The SMILES string of the molecule is CN(CCOC(=O)CN1CCOCC1)C(C)(C)C. The smallest absolute Gasteiger partial charge is 0.320 e. The van der Waals surface area contributed by atoms with Crippen molar-refractivity contribution in [2.24, 2.45) is 0 Å². The quantitative estimate of drug-likeness (QED) is 0.675. The average Bonchev–Trinajstić information content (AvgIpc) is 2.28. The number of nitrogens with zero attached hydrogens (tertiary/aromatic N) is 2. The van der Waals surface area contributed by atoms with Gasteiger partial charge in [-0.25, -0.2) is 0 Å². The molecule has 1 aliphatic heterocycles. The van der Waals surface area contributed by atoms with Gasteiger partial charge in [-0.15, -0.1) is 0 Å². The van der Waals surface area contributed by atoms with Crippen LogP contribution in [0.25, 0.3) is 0 Å². The molecule has 0 atom stereocenters. The molecule has 1 aliphatic rings. The predicted octanol–water partition coefficient (Wildman–Crippen LogP) is 0.592. The second-order valence-electron chi connectivity index (χ2n) is 5.70. The molecule has 0 aromatic rings. The molecule has 1 heterocycles. The van der Waals surface area contributed by atoms with Crippen LogP contribution in [0.3, 0.4) is 0 Å². The molecule has 1 saturated heterocycles. The van der Waals surface area contributed by atoms with Gasteiger partial charge in [-0.3, -0.25) is 14.6 Å². The normalized spacial score (nSPS) is 18.1. The maximum absolute atomic E-state index is 11.6. The van der Waals surface area contributed by atoms with Crippen LogP contribution in [0.2, 0.25) is 0 Å². The second-order valence-corrected chi connectivity index (χ2v) is 5.70. The summed E-state index contributed by atoms with van der Waals surface area (Å²) in [7, 11) is 2.04. The molecule has 0 aromatic heterocycles. The van der Waals surface area contributed by atoms with Gasteiger partial charge >= 0.3 is 5.97 Å². The molecule has 0 N–H and O–H groups in total. The Kier molecular flexibility index (Phi) is 6.05. The van der Waals surface area contributed by atoms with E-state index in [1.807, 2.05) is 7.05 Å². The Labute approximate surface area is 110 Å². The lowest BCUT2D eigenvalue weighted by Gasteiger charge is -2.31. The van der Waals surface area contributed by atoms with Crippen LogP contribution in [0.4, 0.5) is 0 Å². The summed E-state index contributed by atoms with van der Waals surface area (Å²) < 4.78 is 10.5. The van der Waals surface area contributed by atoms with Gasteiger partial charge in [0.25, 0.3) is 0 Å². The largest absolute Gasteiger partial charge is 0.463 e. The van der Waals surface area contributed by atoms with Crippen molar-refractivity contribution in [2.75, 3.05) is 53.0 Å². The van der Waals surface area contributed by atoms with Gasteiger partial charge in [-0.05, 0) is 27.8 Å². The fraction of sp³-hybridized carbons (Fsp3) is 0.923. The minimum atomic E-state index is -0.140. The molecular formula is C13H26N2O3. The standard InChI is InChI=1S/C13H26N2O3/c1-13(2,3)14(4)5-10-18-12(16)11-15-6-8-17-9-7-15/h5-11H2,1-4H3. The Morgan fingerprint density at radius 2 is 1.94 bits per heavy atom. The highest BCUT2D eigenvalue weighted by Crippen LogP contribution is 2.09. The Morgan fingerprint density at radius 1 is 1.33 bits per heavy atom. The molecular weight excluding hydrogens is 232 g/mol. The highest BCUT2D eigenvalue weighted by Gasteiger charge is 2.18. The van der Waals surface area contributed by atoms with E-state index in [0.29, 0.717) is 26.4 Å². The molecule has 5 heteroatoms. The Bertz CT molecular complexity index is 257. The van der Waals surface area contributed by atoms with E-state index in [1.54, 1.807) is 0 Å². The maximum atomic E-state index is 11.6. The van der Waals surface area contributed by atoms with Crippen molar-refractivity contribution in [3.63, 3.8) is 0 Å². The molecule has 0 aromatic carbocycles. The zero-order chi connectivity index (χ0) is 13.6. The van der Waals surface area contributed by atoms with E-state index in [9.17, 15) is 4.79 Å². The summed E-state index contributed by atoms with van der Waals surface area (Å²) in [6.45, 7) is 11.1. The molecule has 0 bridgehead atoms. The first kappa shape index (κ1) is 15.4. The van der Waals surface area contributed by atoms with Gasteiger partial charge in [-0.2, -0.15) is 0 Å². The fourth-order valence-corrected chi connectivity index (χ4v) is 1.62. The third-order valence-electron chi connectivity index (χ3n) is 3.29. The van der Waals surface area contributed by atoms with Crippen molar-refractivity contribution in [2.45, 2.75) is 26.3 Å². The van der Waals surface area contributed by atoms with Crippen LogP contribution in [0.1, 0.15) is 20.8 Å². The average molecular weight is 258 g/mol. The summed E-state index contributed by atoms with van der Waals surface area (Å²) in [5.74, 6) is -0.140. The van der Waals surface area contributed by atoms with Crippen molar-refractivity contribution in [1.82, 2.24) is 9.80 Å². The highest BCUT2D eigenvalue weighted by molar-refractivity contribution is 5.71. The highest BCUT2D eigenvalue weighted by atomic mass is 16.5. The van der Waals surface area contributed by atoms with Crippen molar-refractivity contribution in [3.8, 4) is 0 Å². The van der Waals surface area contributed by atoms with Crippen LogP contribution in [-0.4, -0.2) is 74.4 Å². The van der Waals surface area contributed by atoms with Gasteiger partial charge in [0.15, 0.2) is 0 Å². The predicted molar refractivity (Wildman–Crippen MR) is 70.6 cm³/mol. The van der Waals surface area contributed by atoms with E-state index in [4.69, 9.17) is 9.47 Å². The summed E-state index contributed by atoms with van der Waals surface area (Å²) in [4.78, 5) is 15.9. The molecule has 0 unspecified atom stereocenters. The minimum Gasteiger partial charge on any atom is -0.463 e. The van der Waals surface area contributed by atoms with Crippen molar-refractivity contribution >= 4 is 5.97 Å². The Hall–Kier alpha value is -0.650. The molecule has 0 aliphatic carbocycles. The van der Waals surface area contributed by atoms with Gasteiger partial charge in [0.1, 0.15) is 6.61 Å².